The van der Waals surface area contributed by atoms with Crippen LogP contribution in [-0.2, 0) is 6.42 Å². The summed E-state index contributed by atoms with van der Waals surface area (Å²) in [6, 6.07) is 18.5. The van der Waals surface area contributed by atoms with E-state index in [0.29, 0.717) is 12.3 Å². The van der Waals surface area contributed by atoms with Gasteiger partial charge in [-0.1, -0.05) is 65.3 Å². The first-order chi connectivity index (χ1) is 9.15. The first-order valence-electron chi connectivity index (χ1n) is 6.62. The SMILES string of the molecule is CC(CC(O)Cc1ccc(Br)cc1)c1ccccc1. The summed E-state index contributed by atoms with van der Waals surface area (Å²) in [5, 5.41) is 10.2. The molecule has 0 fully saturated rings. The minimum absolute atomic E-state index is 0.295. The van der Waals surface area contributed by atoms with Gasteiger partial charge in [-0.15, -0.1) is 0 Å². The van der Waals surface area contributed by atoms with Gasteiger partial charge in [0.2, 0.25) is 0 Å². The Labute approximate surface area is 123 Å². The van der Waals surface area contributed by atoms with E-state index in [0.717, 1.165) is 10.9 Å². The van der Waals surface area contributed by atoms with E-state index >= 15 is 0 Å². The van der Waals surface area contributed by atoms with Gasteiger partial charge in [0, 0.05) is 4.47 Å². The van der Waals surface area contributed by atoms with Gasteiger partial charge in [0.05, 0.1) is 6.10 Å². The van der Waals surface area contributed by atoms with Crippen molar-refractivity contribution in [2.45, 2.75) is 31.8 Å². The topological polar surface area (TPSA) is 20.2 Å². The maximum atomic E-state index is 10.2. The van der Waals surface area contributed by atoms with E-state index in [2.05, 4.69) is 47.1 Å². The van der Waals surface area contributed by atoms with Gasteiger partial charge in [0.15, 0.2) is 0 Å². The van der Waals surface area contributed by atoms with E-state index in [1.54, 1.807) is 0 Å². The largest absolute Gasteiger partial charge is 0.393 e. The molecule has 0 aliphatic rings. The van der Waals surface area contributed by atoms with E-state index < -0.39 is 0 Å². The van der Waals surface area contributed by atoms with Gasteiger partial charge in [-0.2, -0.15) is 0 Å². The molecule has 0 heterocycles. The minimum Gasteiger partial charge on any atom is -0.393 e. The standard InChI is InChI=1S/C17H19BrO/c1-13(15-5-3-2-4-6-15)11-17(19)12-14-7-9-16(18)10-8-14/h2-10,13,17,19H,11-12H2,1H3. The first kappa shape index (κ1) is 14.3. The van der Waals surface area contributed by atoms with E-state index in [-0.39, 0.29) is 6.10 Å². The number of aliphatic hydroxyl groups excluding tert-OH is 1. The Hall–Kier alpha value is -1.12. The van der Waals surface area contributed by atoms with Gasteiger partial charge in [-0.25, -0.2) is 0 Å². The highest BCUT2D eigenvalue weighted by Crippen LogP contribution is 2.22. The van der Waals surface area contributed by atoms with E-state index in [9.17, 15) is 5.11 Å². The van der Waals surface area contributed by atoms with Crippen LogP contribution in [-0.4, -0.2) is 11.2 Å². The Bertz CT molecular complexity index is 492. The molecule has 0 spiro atoms. The van der Waals surface area contributed by atoms with Crippen molar-refractivity contribution in [2.75, 3.05) is 0 Å². The molecule has 2 unspecified atom stereocenters. The number of benzene rings is 2. The van der Waals surface area contributed by atoms with Crippen molar-refractivity contribution < 1.29 is 5.11 Å². The molecular weight excluding hydrogens is 300 g/mol. The highest BCUT2D eigenvalue weighted by Gasteiger charge is 2.12. The zero-order valence-electron chi connectivity index (χ0n) is 11.1. The smallest absolute Gasteiger partial charge is 0.0586 e. The molecule has 0 aliphatic carbocycles. The number of rotatable bonds is 5. The number of hydrogen-bond donors (Lipinski definition) is 1. The lowest BCUT2D eigenvalue weighted by atomic mass is 9.92. The Morgan fingerprint density at radius 2 is 1.63 bits per heavy atom. The second-order valence-corrected chi connectivity index (χ2v) is 5.95. The summed E-state index contributed by atoms with van der Waals surface area (Å²) in [6.45, 7) is 2.17. The molecule has 0 saturated heterocycles. The predicted molar refractivity (Wildman–Crippen MR) is 83.3 cm³/mol. The number of aliphatic hydroxyl groups is 1. The zero-order valence-corrected chi connectivity index (χ0v) is 12.7. The summed E-state index contributed by atoms with van der Waals surface area (Å²) in [4.78, 5) is 0. The van der Waals surface area contributed by atoms with Crippen LogP contribution < -0.4 is 0 Å². The van der Waals surface area contributed by atoms with Crippen LogP contribution in [0.1, 0.15) is 30.4 Å². The van der Waals surface area contributed by atoms with Gasteiger partial charge in [-0.3, -0.25) is 0 Å². The average Bonchev–Trinajstić information content (AvgIpc) is 2.42. The molecule has 2 rings (SSSR count). The molecule has 2 aromatic rings. The molecule has 2 atom stereocenters. The van der Waals surface area contributed by atoms with Gasteiger partial charge < -0.3 is 5.11 Å². The maximum absolute atomic E-state index is 10.2. The van der Waals surface area contributed by atoms with Gasteiger partial charge in [0.25, 0.3) is 0 Å². The third-order valence-electron chi connectivity index (χ3n) is 3.38. The van der Waals surface area contributed by atoms with Crippen molar-refractivity contribution >= 4 is 15.9 Å². The van der Waals surface area contributed by atoms with Crippen LogP contribution in [0.2, 0.25) is 0 Å². The van der Waals surface area contributed by atoms with Crippen LogP contribution in [0.5, 0.6) is 0 Å². The average molecular weight is 319 g/mol. The minimum atomic E-state index is -0.295. The second kappa shape index (κ2) is 6.88. The van der Waals surface area contributed by atoms with Crippen LogP contribution in [0.4, 0.5) is 0 Å². The summed E-state index contributed by atoms with van der Waals surface area (Å²) in [6.07, 6.45) is 1.21. The summed E-state index contributed by atoms with van der Waals surface area (Å²) >= 11 is 3.42. The van der Waals surface area contributed by atoms with Crippen LogP contribution in [0, 0.1) is 0 Å². The lowest BCUT2D eigenvalue weighted by molar-refractivity contribution is 0.157. The molecule has 0 amide bonds. The van der Waals surface area contributed by atoms with Gasteiger partial charge >= 0.3 is 0 Å². The van der Waals surface area contributed by atoms with E-state index in [4.69, 9.17) is 0 Å². The molecular formula is C17H19BrO. The molecule has 2 aromatic carbocycles. The van der Waals surface area contributed by atoms with Crippen molar-refractivity contribution in [3.05, 3.63) is 70.2 Å². The fraction of sp³-hybridized carbons (Fsp3) is 0.294. The van der Waals surface area contributed by atoms with Crippen LogP contribution in [0.3, 0.4) is 0 Å². The first-order valence-corrected chi connectivity index (χ1v) is 7.42. The fourth-order valence-electron chi connectivity index (χ4n) is 2.30. The molecule has 0 bridgehead atoms. The Morgan fingerprint density at radius 3 is 2.26 bits per heavy atom. The Morgan fingerprint density at radius 1 is 1.00 bits per heavy atom. The Balaban J connectivity index is 1.90. The molecule has 0 aromatic heterocycles. The lowest BCUT2D eigenvalue weighted by Crippen LogP contribution is -2.13. The van der Waals surface area contributed by atoms with Gasteiger partial charge in [-0.05, 0) is 42.0 Å². The summed E-state index contributed by atoms with van der Waals surface area (Å²) in [7, 11) is 0. The van der Waals surface area contributed by atoms with Crippen molar-refractivity contribution in [3.63, 3.8) is 0 Å². The maximum Gasteiger partial charge on any atom is 0.0586 e. The van der Waals surface area contributed by atoms with Crippen molar-refractivity contribution in [1.82, 2.24) is 0 Å². The van der Waals surface area contributed by atoms with E-state index in [1.165, 1.54) is 11.1 Å². The number of hydrogen-bond acceptors (Lipinski definition) is 1. The molecule has 19 heavy (non-hydrogen) atoms. The van der Waals surface area contributed by atoms with Crippen molar-refractivity contribution in [1.29, 1.82) is 0 Å². The normalized spacial score (nSPS) is 14.1. The second-order valence-electron chi connectivity index (χ2n) is 5.03. The van der Waals surface area contributed by atoms with E-state index in [1.807, 2.05) is 30.3 Å². The zero-order chi connectivity index (χ0) is 13.7. The third-order valence-corrected chi connectivity index (χ3v) is 3.91. The molecule has 1 N–H and O–H groups in total. The molecule has 0 saturated carbocycles. The van der Waals surface area contributed by atoms with Crippen molar-refractivity contribution in [3.8, 4) is 0 Å². The lowest BCUT2D eigenvalue weighted by Gasteiger charge is -2.17. The molecule has 0 aliphatic heterocycles. The van der Waals surface area contributed by atoms with Crippen molar-refractivity contribution in [2.24, 2.45) is 0 Å². The molecule has 1 nitrogen and oxygen atoms in total. The number of halogens is 1. The fourth-order valence-corrected chi connectivity index (χ4v) is 2.57. The Kier molecular flexibility index (Phi) is 5.17. The van der Waals surface area contributed by atoms with Crippen LogP contribution in [0.25, 0.3) is 0 Å². The highest BCUT2D eigenvalue weighted by molar-refractivity contribution is 9.10. The molecule has 100 valence electrons. The third kappa shape index (κ3) is 4.48. The van der Waals surface area contributed by atoms with Crippen LogP contribution in [0.15, 0.2) is 59.1 Å². The summed E-state index contributed by atoms with van der Waals surface area (Å²) < 4.78 is 1.07. The predicted octanol–water partition coefficient (Wildman–Crippen LogP) is 4.55. The van der Waals surface area contributed by atoms with Crippen LogP contribution >= 0.6 is 15.9 Å². The van der Waals surface area contributed by atoms with Gasteiger partial charge in [0.1, 0.15) is 0 Å². The highest BCUT2D eigenvalue weighted by atomic mass is 79.9. The summed E-state index contributed by atoms with van der Waals surface area (Å²) in [5.74, 6) is 0.381. The molecule has 0 radical (unpaired) electrons. The summed E-state index contributed by atoms with van der Waals surface area (Å²) in [5.41, 5.74) is 2.47. The molecule has 2 heteroatoms. The quantitative estimate of drug-likeness (QED) is 0.857. The monoisotopic (exact) mass is 318 g/mol.